The van der Waals surface area contributed by atoms with Gasteiger partial charge in [-0.25, -0.2) is 9.97 Å². The number of imidazole rings is 1. The van der Waals surface area contributed by atoms with E-state index in [0.29, 0.717) is 15.8 Å². The van der Waals surface area contributed by atoms with Gasteiger partial charge in [-0.2, -0.15) is 0 Å². The van der Waals surface area contributed by atoms with Gasteiger partial charge in [-0.1, -0.05) is 23.2 Å². The molecule has 1 atom stereocenters. The average Bonchev–Trinajstić information content (AvgIpc) is 2.79. The third kappa shape index (κ3) is 1.90. The van der Waals surface area contributed by atoms with Crippen molar-refractivity contribution in [2.45, 2.75) is 25.4 Å². The van der Waals surface area contributed by atoms with Crippen molar-refractivity contribution < 1.29 is 4.74 Å². The molecule has 6 heteroatoms. The molecule has 0 aliphatic carbocycles. The summed E-state index contributed by atoms with van der Waals surface area (Å²) in [4.78, 5) is 11.3. The molecule has 1 saturated heterocycles. The van der Waals surface area contributed by atoms with E-state index in [0.717, 1.165) is 36.9 Å². The van der Waals surface area contributed by atoms with Crippen LogP contribution in [0.1, 0.15) is 30.9 Å². The number of hydrogen-bond donors (Lipinski definition) is 1. The number of fused-ring (bicyclic) bond motifs is 1. The number of nitrogens with zero attached hydrogens (tertiary/aromatic N) is 2. The summed E-state index contributed by atoms with van der Waals surface area (Å²) in [5.74, 6) is 0. The number of hydrogen-bond acceptors (Lipinski definition) is 3. The maximum Gasteiger partial charge on any atom is 0.158 e. The number of H-pyrrole nitrogens is 1. The molecular weight excluding hydrogens is 261 g/mol. The fourth-order valence-electron chi connectivity index (χ4n) is 2.22. The first-order valence-corrected chi connectivity index (χ1v) is 6.32. The van der Waals surface area contributed by atoms with Crippen LogP contribution in [0.15, 0.2) is 6.33 Å². The average molecular weight is 272 g/mol. The Morgan fingerprint density at radius 1 is 1.29 bits per heavy atom. The number of aromatic amines is 1. The lowest BCUT2D eigenvalue weighted by Crippen LogP contribution is -2.13. The lowest BCUT2D eigenvalue weighted by Gasteiger charge is -2.23. The minimum atomic E-state index is -0.0102. The van der Waals surface area contributed by atoms with E-state index in [-0.39, 0.29) is 6.10 Å². The monoisotopic (exact) mass is 271 g/mol. The molecule has 2 aromatic rings. The van der Waals surface area contributed by atoms with E-state index in [1.54, 1.807) is 6.33 Å². The molecular formula is C11H11Cl2N3O. The van der Waals surface area contributed by atoms with E-state index in [4.69, 9.17) is 27.9 Å². The van der Waals surface area contributed by atoms with Crippen molar-refractivity contribution >= 4 is 34.2 Å². The quantitative estimate of drug-likeness (QED) is 0.808. The van der Waals surface area contributed by atoms with Crippen LogP contribution in [0.2, 0.25) is 10.3 Å². The Morgan fingerprint density at radius 2 is 2.18 bits per heavy atom. The molecule has 0 radical (unpaired) electrons. The van der Waals surface area contributed by atoms with Crippen molar-refractivity contribution in [3.8, 4) is 0 Å². The van der Waals surface area contributed by atoms with E-state index in [1.165, 1.54) is 0 Å². The second-order valence-electron chi connectivity index (χ2n) is 4.09. The molecule has 2 aromatic heterocycles. The van der Waals surface area contributed by atoms with E-state index in [1.807, 2.05) is 0 Å². The molecule has 0 spiro atoms. The van der Waals surface area contributed by atoms with Gasteiger partial charge < -0.3 is 9.72 Å². The van der Waals surface area contributed by atoms with Crippen LogP contribution in [0, 0.1) is 0 Å². The van der Waals surface area contributed by atoms with Crippen LogP contribution in [-0.2, 0) is 4.74 Å². The number of ether oxygens (including phenoxy) is 1. The molecule has 3 rings (SSSR count). The summed E-state index contributed by atoms with van der Waals surface area (Å²) in [5, 5.41) is 0.726. The Bertz CT molecular complexity index is 549. The molecule has 0 amide bonds. The minimum absolute atomic E-state index is 0.0102. The van der Waals surface area contributed by atoms with Crippen LogP contribution in [0.5, 0.6) is 0 Å². The summed E-state index contributed by atoms with van der Waals surface area (Å²) in [7, 11) is 0. The van der Waals surface area contributed by atoms with Gasteiger partial charge in [0.2, 0.25) is 0 Å². The van der Waals surface area contributed by atoms with Gasteiger partial charge in [0.05, 0.1) is 17.9 Å². The lowest BCUT2D eigenvalue weighted by atomic mass is 10.0. The fourth-order valence-corrected chi connectivity index (χ4v) is 2.79. The van der Waals surface area contributed by atoms with Gasteiger partial charge in [0.15, 0.2) is 5.15 Å². The Hall–Kier alpha value is -0.840. The van der Waals surface area contributed by atoms with Crippen LogP contribution in [-0.4, -0.2) is 21.6 Å². The molecule has 3 heterocycles. The zero-order valence-electron chi connectivity index (χ0n) is 9.04. The van der Waals surface area contributed by atoms with Crippen molar-refractivity contribution in [3.63, 3.8) is 0 Å². The first kappa shape index (κ1) is 11.3. The molecule has 0 saturated carbocycles. The fraction of sp³-hybridized carbons (Fsp3) is 0.455. The standard InChI is InChI=1S/C11H11Cl2N3O/c12-10-7(6-3-1-2-4-17-6)8-9(11(13)16-10)15-5-14-8/h5-6H,1-4H2,(H,14,15). The molecule has 17 heavy (non-hydrogen) atoms. The molecule has 4 nitrogen and oxygen atoms in total. The number of pyridine rings is 1. The second kappa shape index (κ2) is 4.44. The largest absolute Gasteiger partial charge is 0.373 e. The minimum Gasteiger partial charge on any atom is -0.373 e. The SMILES string of the molecule is Clc1nc(Cl)c2nc[nH]c2c1C1CCCCO1. The highest BCUT2D eigenvalue weighted by Gasteiger charge is 2.24. The maximum absolute atomic E-state index is 6.18. The summed E-state index contributed by atoms with van der Waals surface area (Å²) < 4.78 is 5.75. The molecule has 1 unspecified atom stereocenters. The molecule has 90 valence electrons. The van der Waals surface area contributed by atoms with Crippen LogP contribution in [0.3, 0.4) is 0 Å². The van der Waals surface area contributed by atoms with Crippen molar-refractivity contribution in [1.82, 2.24) is 15.0 Å². The van der Waals surface area contributed by atoms with E-state index in [9.17, 15) is 0 Å². The summed E-state index contributed by atoms with van der Waals surface area (Å²) in [6.45, 7) is 0.763. The van der Waals surface area contributed by atoms with E-state index < -0.39 is 0 Å². The Kier molecular flexibility index (Phi) is 2.94. The van der Waals surface area contributed by atoms with Crippen LogP contribution in [0.4, 0.5) is 0 Å². The van der Waals surface area contributed by atoms with Crippen LogP contribution < -0.4 is 0 Å². The van der Waals surface area contributed by atoms with Crippen molar-refractivity contribution in [2.24, 2.45) is 0 Å². The summed E-state index contributed by atoms with van der Waals surface area (Å²) in [6.07, 6.45) is 4.78. The van der Waals surface area contributed by atoms with Gasteiger partial charge in [0.1, 0.15) is 10.7 Å². The molecule has 0 bridgehead atoms. The molecule has 1 N–H and O–H groups in total. The van der Waals surface area contributed by atoms with Crippen molar-refractivity contribution in [1.29, 1.82) is 0 Å². The zero-order valence-corrected chi connectivity index (χ0v) is 10.6. The second-order valence-corrected chi connectivity index (χ2v) is 4.80. The number of halogens is 2. The van der Waals surface area contributed by atoms with Crippen molar-refractivity contribution in [3.05, 3.63) is 22.2 Å². The van der Waals surface area contributed by atoms with E-state index >= 15 is 0 Å². The van der Waals surface area contributed by atoms with E-state index in [2.05, 4.69) is 15.0 Å². The summed E-state index contributed by atoms with van der Waals surface area (Å²) >= 11 is 12.2. The Labute approximate surface area is 108 Å². The Balaban J connectivity index is 2.16. The van der Waals surface area contributed by atoms with Gasteiger partial charge in [0.25, 0.3) is 0 Å². The first-order valence-electron chi connectivity index (χ1n) is 5.57. The molecule has 0 aromatic carbocycles. The normalized spacial score (nSPS) is 20.9. The summed E-state index contributed by atoms with van der Waals surface area (Å²) in [6, 6.07) is 0. The van der Waals surface area contributed by atoms with Crippen LogP contribution >= 0.6 is 23.2 Å². The molecule has 1 aliphatic heterocycles. The first-order chi connectivity index (χ1) is 8.27. The maximum atomic E-state index is 6.18. The van der Waals surface area contributed by atoms with Gasteiger partial charge >= 0.3 is 0 Å². The number of aromatic nitrogens is 3. The third-order valence-electron chi connectivity index (χ3n) is 3.02. The Morgan fingerprint density at radius 3 is 2.94 bits per heavy atom. The molecule has 1 aliphatic rings. The number of nitrogens with one attached hydrogen (secondary N) is 1. The van der Waals surface area contributed by atoms with Crippen LogP contribution in [0.25, 0.3) is 11.0 Å². The van der Waals surface area contributed by atoms with Gasteiger partial charge in [0, 0.05) is 12.2 Å². The summed E-state index contributed by atoms with van der Waals surface area (Å²) in [5.41, 5.74) is 2.37. The van der Waals surface area contributed by atoms with Crippen molar-refractivity contribution in [2.75, 3.05) is 6.61 Å². The predicted octanol–water partition coefficient (Wildman–Crippen LogP) is 3.51. The third-order valence-corrected chi connectivity index (χ3v) is 3.58. The van der Waals surface area contributed by atoms with Gasteiger partial charge in [-0.3, -0.25) is 0 Å². The van der Waals surface area contributed by atoms with Gasteiger partial charge in [-0.15, -0.1) is 0 Å². The molecule has 1 fully saturated rings. The highest BCUT2D eigenvalue weighted by molar-refractivity contribution is 6.36. The zero-order chi connectivity index (χ0) is 11.8. The lowest BCUT2D eigenvalue weighted by molar-refractivity contribution is 0.0156. The number of rotatable bonds is 1. The smallest absolute Gasteiger partial charge is 0.158 e. The highest BCUT2D eigenvalue weighted by Crippen LogP contribution is 2.37. The van der Waals surface area contributed by atoms with Gasteiger partial charge in [-0.05, 0) is 19.3 Å². The predicted molar refractivity (Wildman–Crippen MR) is 66.5 cm³/mol. The highest BCUT2D eigenvalue weighted by atomic mass is 35.5. The topological polar surface area (TPSA) is 50.8 Å².